The van der Waals surface area contributed by atoms with E-state index in [1.807, 2.05) is 0 Å². The minimum Gasteiger partial charge on any atom is -0.324 e. The molecular weight excluding hydrogens is 305 g/mol. The molecule has 1 saturated carbocycles. The molecule has 1 aliphatic carbocycles. The number of halogens is 3. The molecule has 1 aliphatic rings. The van der Waals surface area contributed by atoms with Crippen LogP contribution in [-0.2, 0) is 0 Å². The summed E-state index contributed by atoms with van der Waals surface area (Å²) < 4.78 is 14.4. The molecule has 1 atom stereocenters. The third-order valence-corrected chi connectivity index (χ3v) is 4.70. The van der Waals surface area contributed by atoms with E-state index >= 15 is 0 Å². The second kappa shape index (κ2) is 5.68. The Kier molecular flexibility index (Phi) is 4.45. The fourth-order valence-corrected chi connectivity index (χ4v) is 3.04. The highest BCUT2D eigenvalue weighted by Crippen LogP contribution is 2.34. The van der Waals surface area contributed by atoms with Crippen LogP contribution in [0.2, 0.25) is 5.02 Å². The molecule has 0 radical (unpaired) electrons. The SMILES string of the molecule is NC(CC1CCCC1)c1cc(Cl)c(Br)cc1F. The van der Waals surface area contributed by atoms with Gasteiger partial charge in [-0.05, 0) is 40.4 Å². The monoisotopic (exact) mass is 319 g/mol. The average Bonchev–Trinajstić information content (AvgIpc) is 2.76. The zero-order valence-electron chi connectivity index (χ0n) is 9.56. The largest absolute Gasteiger partial charge is 0.324 e. The maximum Gasteiger partial charge on any atom is 0.129 e. The number of hydrogen-bond donors (Lipinski definition) is 1. The van der Waals surface area contributed by atoms with E-state index in [0.29, 0.717) is 21.0 Å². The molecule has 2 N–H and O–H groups in total. The second-order valence-corrected chi connectivity index (χ2v) is 6.04. The summed E-state index contributed by atoms with van der Waals surface area (Å²) in [6.07, 6.45) is 5.86. The highest BCUT2D eigenvalue weighted by molar-refractivity contribution is 9.10. The van der Waals surface area contributed by atoms with Crippen molar-refractivity contribution in [3.8, 4) is 0 Å². The molecule has 2 rings (SSSR count). The third-order valence-electron chi connectivity index (χ3n) is 3.50. The lowest BCUT2D eigenvalue weighted by Gasteiger charge is -2.17. The number of rotatable bonds is 3. The molecule has 0 aromatic heterocycles. The molecule has 1 nitrogen and oxygen atoms in total. The van der Waals surface area contributed by atoms with Gasteiger partial charge in [-0.15, -0.1) is 0 Å². The molecule has 0 aliphatic heterocycles. The van der Waals surface area contributed by atoms with Gasteiger partial charge in [-0.1, -0.05) is 37.3 Å². The molecule has 1 fully saturated rings. The van der Waals surface area contributed by atoms with Crippen LogP contribution in [0.25, 0.3) is 0 Å². The van der Waals surface area contributed by atoms with Gasteiger partial charge >= 0.3 is 0 Å². The molecule has 0 bridgehead atoms. The van der Waals surface area contributed by atoms with Crippen molar-refractivity contribution in [2.24, 2.45) is 11.7 Å². The molecule has 94 valence electrons. The van der Waals surface area contributed by atoms with E-state index in [2.05, 4.69) is 15.9 Å². The van der Waals surface area contributed by atoms with Crippen molar-refractivity contribution in [1.29, 1.82) is 0 Å². The Hall–Kier alpha value is -0.120. The summed E-state index contributed by atoms with van der Waals surface area (Å²) in [5.41, 5.74) is 6.61. The van der Waals surface area contributed by atoms with Gasteiger partial charge in [-0.2, -0.15) is 0 Å². The zero-order valence-corrected chi connectivity index (χ0v) is 11.9. The van der Waals surface area contributed by atoms with Crippen LogP contribution in [0.4, 0.5) is 4.39 Å². The molecular formula is C13H16BrClFN. The summed E-state index contributed by atoms with van der Waals surface area (Å²) in [4.78, 5) is 0. The van der Waals surface area contributed by atoms with Gasteiger partial charge < -0.3 is 5.73 Å². The first-order valence-corrected chi connectivity index (χ1v) is 7.15. The first kappa shape index (κ1) is 13.3. The Bertz CT molecular complexity index is 405. The third kappa shape index (κ3) is 3.21. The Balaban J connectivity index is 2.12. The van der Waals surface area contributed by atoms with E-state index in [4.69, 9.17) is 17.3 Å². The fourth-order valence-electron chi connectivity index (χ4n) is 2.55. The van der Waals surface area contributed by atoms with Crippen LogP contribution in [0.15, 0.2) is 16.6 Å². The predicted octanol–water partition coefficient (Wildman–Crippen LogP) is 4.82. The van der Waals surface area contributed by atoms with E-state index in [9.17, 15) is 4.39 Å². The highest BCUT2D eigenvalue weighted by atomic mass is 79.9. The van der Waals surface area contributed by atoms with Crippen molar-refractivity contribution in [3.63, 3.8) is 0 Å². The summed E-state index contributed by atoms with van der Waals surface area (Å²) in [7, 11) is 0. The van der Waals surface area contributed by atoms with Gasteiger partial charge in [-0.3, -0.25) is 0 Å². The van der Waals surface area contributed by atoms with Gasteiger partial charge in [0.2, 0.25) is 0 Å². The van der Waals surface area contributed by atoms with Crippen LogP contribution in [0.1, 0.15) is 43.7 Å². The maximum absolute atomic E-state index is 13.8. The van der Waals surface area contributed by atoms with E-state index < -0.39 is 0 Å². The normalized spacial score (nSPS) is 18.6. The lowest BCUT2D eigenvalue weighted by atomic mass is 9.94. The Morgan fingerprint density at radius 3 is 2.71 bits per heavy atom. The van der Waals surface area contributed by atoms with Crippen molar-refractivity contribution >= 4 is 27.5 Å². The topological polar surface area (TPSA) is 26.0 Å². The minimum atomic E-state index is -0.272. The molecule has 1 aromatic carbocycles. The van der Waals surface area contributed by atoms with Crippen molar-refractivity contribution in [2.45, 2.75) is 38.1 Å². The zero-order chi connectivity index (χ0) is 12.4. The first-order valence-electron chi connectivity index (χ1n) is 5.98. The van der Waals surface area contributed by atoms with Gasteiger partial charge in [0.15, 0.2) is 0 Å². The Morgan fingerprint density at radius 1 is 1.41 bits per heavy atom. The van der Waals surface area contributed by atoms with Crippen LogP contribution in [0.5, 0.6) is 0 Å². The molecule has 0 spiro atoms. The maximum atomic E-state index is 13.8. The lowest BCUT2D eigenvalue weighted by molar-refractivity contribution is 0.440. The standard InChI is InChI=1S/C13H16BrClFN/c14-10-7-12(16)9(6-11(10)15)13(17)5-8-3-1-2-4-8/h6-8,13H,1-5,17H2. The van der Waals surface area contributed by atoms with Crippen molar-refractivity contribution in [3.05, 3.63) is 33.0 Å². The predicted molar refractivity (Wildman–Crippen MR) is 72.6 cm³/mol. The summed E-state index contributed by atoms with van der Waals surface area (Å²) in [6, 6.07) is 2.79. The van der Waals surface area contributed by atoms with Crippen molar-refractivity contribution in [2.75, 3.05) is 0 Å². The van der Waals surface area contributed by atoms with Gasteiger partial charge in [0, 0.05) is 16.1 Å². The lowest BCUT2D eigenvalue weighted by Crippen LogP contribution is -2.15. The van der Waals surface area contributed by atoms with Gasteiger partial charge in [0.05, 0.1) is 5.02 Å². The number of nitrogens with two attached hydrogens (primary N) is 1. The molecule has 0 saturated heterocycles. The van der Waals surface area contributed by atoms with E-state index in [1.165, 1.54) is 31.7 Å². The van der Waals surface area contributed by atoms with Gasteiger partial charge in [0.1, 0.15) is 5.82 Å². The summed E-state index contributed by atoms with van der Waals surface area (Å²) in [6.45, 7) is 0. The van der Waals surface area contributed by atoms with Gasteiger partial charge in [-0.25, -0.2) is 4.39 Å². The molecule has 1 unspecified atom stereocenters. The van der Waals surface area contributed by atoms with Crippen molar-refractivity contribution < 1.29 is 4.39 Å². The molecule has 17 heavy (non-hydrogen) atoms. The van der Waals surface area contributed by atoms with Crippen LogP contribution >= 0.6 is 27.5 Å². The molecule has 0 heterocycles. The quantitative estimate of drug-likeness (QED) is 0.794. The molecule has 0 amide bonds. The second-order valence-electron chi connectivity index (χ2n) is 4.78. The summed E-state index contributed by atoms with van der Waals surface area (Å²) in [5.74, 6) is 0.374. The highest BCUT2D eigenvalue weighted by Gasteiger charge is 2.21. The minimum absolute atomic E-state index is 0.247. The van der Waals surface area contributed by atoms with Crippen LogP contribution in [0.3, 0.4) is 0 Å². The fraction of sp³-hybridized carbons (Fsp3) is 0.538. The Morgan fingerprint density at radius 2 is 2.06 bits per heavy atom. The Labute approximate surface area is 115 Å². The first-order chi connectivity index (χ1) is 8.08. The van der Waals surface area contributed by atoms with Crippen molar-refractivity contribution in [1.82, 2.24) is 0 Å². The van der Waals surface area contributed by atoms with Crippen LogP contribution < -0.4 is 5.73 Å². The number of hydrogen-bond acceptors (Lipinski definition) is 1. The van der Waals surface area contributed by atoms with E-state index in [0.717, 1.165) is 6.42 Å². The average molecular weight is 321 g/mol. The summed E-state index contributed by atoms with van der Waals surface area (Å²) >= 11 is 9.18. The van der Waals surface area contributed by atoms with Crippen LogP contribution in [-0.4, -0.2) is 0 Å². The van der Waals surface area contributed by atoms with Gasteiger partial charge in [0.25, 0.3) is 0 Å². The number of benzene rings is 1. The molecule has 4 heteroatoms. The van der Waals surface area contributed by atoms with Crippen LogP contribution in [0, 0.1) is 11.7 Å². The molecule has 1 aromatic rings. The summed E-state index contributed by atoms with van der Waals surface area (Å²) in [5, 5.41) is 0.517. The van der Waals surface area contributed by atoms with E-state index in [-0.39, 0.29) is 11.9 Å². The van der Waals surface area contributed by atoms with E-state index in [1.54, 1.807) is 6.07 Å². The smallest absolute Gasteiger partial charge is 0.129 e.